The van der Waals surface area contributed by atoms with Crippen LogP contribution in [0.5, 0.6) is 0 Å². The van der Waals surface area contributed by atoms with Crippen LogP contribution in [-0.4, -0.2) is 14.9 Å². The first-order valence-corrected chi connectivity index (χ1v) is 6.64. The minimum absolute atomic E-state index is 0.255. The van der Waals surface area contributed by atoms with E-state index in [0.717, 1.165) is 11.3 Å². The Morgan fingerprint density at radius 2 is 1.86 bits per heavy atom. The normalized spacial score (nSPS) is 11.6. The molecule has 5 nitrogen and oxygen atoms in total. The van der Waals surface area contributed by atoms with Crippen LogP contribution in [0.25, 0.3) is 23.1 Å². The van der Waals surface area contributed by atoms with E-state index in [9.17, 15) is 4.79 Å². The van der Waals surface area contributed by atoms with Crippen molar-refractivity contribution in [2.45, 2.75) is 13.8 Å². The van der Waals surface area contributed by atoms with Gasteiger partial charge >= 0.3 is 0 Å². The fraction of sp³-hybridized carbons (Fsp3) is 0.188. The molecule has 0 radical (unpaired) electrons. The zero-order valence-corrected chi connectivity index (χ0v) is 12.1. The Labute approximate surface area is 121 Å². The van der Waals surface area contributed by atoms with Crippen molar-refractivity contribution in [3.63, 3.8) is 0 Å². The van der Waals surface area contributed by atoms with E-state index < -0.39 is 0 Å². The summed E-state index contributed by atoms with van der Waals surface area (Å²) in [4.78, 5) is 12.0. The molecule has 0 amide bonds. The third-order valence-electron chi connectivity index (χ3n) is 3.38. The van der Waals surface area contributed by atoms with Crippen molar-refractivity contribution < 1.29 is 4.52 Å². The van der Waals surface area contributed by atoms with E-state index in [2.05, 4.69) is 10.3 Å². The highest BCUT2D eigenvalue weighted by molar-refractivity contribution is 5.89. The summed E-state index contributed by atoms with van der Waals surface area (Å²) >= 11 is 0. The van der Waals surface area contributed by atoms with Crippen molar-refractivity contribution in [1.82, 2.24) is 14.9 Å². The molecule has 1 aromatic carbocycles. The third kappa shape index (κ3) is 2.38. The van der Waals surface area contributed by atoms with Crippen molar-refractivity contribution in [2.24, 2.45) is 7.05 Å². The van der Waals surface area contributed by atoms with Crippen LogP contribution in [0.1, 0.15) is 22.6 Å². The third-order valence-corrected chi connectivity index (χ3v) is 3.38. The molecule has 106 valence electrons. The van der Waals surface area contributed by atoms with Gasteiger partial charge in [0.05, 0.1) is 11.1 Å². The number of benzene rings is 1. The van der Waals surface area contributed by atoms with Gasteiger partial charge in [-0.05, 0) is 25.5 Å². The number of aromatic nitrogens is 3. The molecule has 0 aliphatic carbocycles. The van der Waals surface area contributed by atoms with E-state index in [4.69, 9.17) is 4.52 Å². The minimum atomic E-state index is -0.255. The first-order chi connectivity index (χ1) is 10.1. The van der Waals surface area contributed by atoms with Crippen LogP contribution in [-0.2, 0) is 7.05 Å². The zero-order valence-electron chi connectivity index (χ0n) is 12.1. The predicted molar refractivity (Wildman–Crippen MR) is 81.9 cm³/mol. The number of nitrogens with zero attached hydrogens (tertiary/aromatic N) is 3. The molecule has 0 spiro atoms. The lowest BCUT2D eigenvalue weighted by Crippen LogP contribution is -2.20. The van der Waals surface area contributed by atoms with Gasteiger partial charge in [-0.2, -0.15) is 5.10 Å². The van der Waals surface area contributed by atoms with Crippen LogP contribution < -0.4 is 5.56 Å². The minimum Gasteiger partial charge on any atom is -0.355 e. The van der Waals surface area contributed by atoms with Gasteiger partial charge in [0.25, 0.3) is 5.56 Å². The van der Waals surface area contributed by atoms with E-state index >= 15 is 0 Å². The first kappa shape index (κ1) is 13.3. The number of aryl methyl sites for hydroxylation is 3. The van der Waals surface area contributed by atoms with Gasteiger partial charge in [0.15, 0.2) is 11.3 Å². The van der Waals surface area contributed by atoms with Crippen LogP contribution >= 0.6 is 0 Å². The lowest BCUT2D eigenvalue weighted by molar-refractivity contribution is 0.420. The Bertz CT molecular complexity index is 886. The van der Waals surface area contributed by atoms with Gasteiger partial charge in [-0.15, -0.1) is 0 Å². The van der Waals surface area contributed by atoms with Gasteiger partial charge in [0, 0.05) is 7.05 Å². The highest BCUT2D eigenvalue weighted by atomic mass is 16.5. The van der Waals surface area contributed by atoms with Gasteiger partial charge in [0.2, 0.25) is 0 Å². The molecule has 5 heteroatoms. The summed E-state index contributed by atoms with van der Waals surface area (Å²) in [6.45, 7) is 3.88. The Hall–Kier alpha value is -2.69. The van der Waals surface area contributed by atoms with Gasteiger partial charge in [-0.1, -0.05) is 41.1 Å². The summed E-state index contributed by atoms with van der Waals surface area (Å²) in [5, 5.41) is 8.71. The van der Waals surface area contributed by atoms with Crippen LogP contribution in [0.3, 0.4) is 0 Å². The van der Waals surface area contributed by atoms with Crippen molar-refractivity contribution in [1.29, 1.82) is 0 Å². The molecule has 0 atom stereocenters. The van der Waals surface area contributed by atoms with Gasteiger partial charge in [-0.25, -0.2) is 4.68 Å². The molecule has 0 unspecified atom stereocenters. The highest BCUT2D eigenvalue weighted by Gasteiger charge is 2.14. The van der Waals surface area contributed by atoms with E-state index in [1.807, 2.05) is 50.3 Å². The second kappa shape index (κ2) is 5.01. The second-order valence-corrected chi connectivity index (χ2v) is 5.03. The molecule has 2 heterocycles. The van der Waals surface area contributed by atoms with Crippen LogP contribution in [0.2, 0.25) is 0 Å². The van der Waals surface area contributed by atoms with Gasteiger partial charge in [0.1, 0.15) is 0 Å². The SMILES string of the molecule is Cc1ccc(/C=C/c2onc3c(=O)n(C)nc(C)c23)cc1. The van der Waals surface area contributed by atoms with Crippen molar-refractivity contribution in [3.8, 4) is 0 Å². The Morgan fingerprint density at radius 3 is 2.57 bits per heavy atom. The average molecular weight is 281 g/mol. The summed E-state index contributed by atoms with van der Waals surface area (Å²) in [5.41, 5.74) is 3.04. The quantitative estimate of drug-likeness (QED) is 0.724. The van der Waals surface area contributed by atoms with E-state index in [1.54, 1.807) is 7.05 Å². The summed E-state index contributed by atoms with van der Waals surface area (Å²) in [5.74, 6) is 0.549. The molecule has 3 aromatic rings. The lowest BCUT2D eigenvalue weighted by Gasteiger charge is -1.98. The molecule has 0 aliphatic heterocycles. The zero-order chi connectivity index (χ0) is 15.0. The number of rotatable bonds is 2. The molecule has 0 fully saturated rings. The maximum atomic E-state index is 12.0. The number of hydrogen-bond donors (Lipinski definition) is 0. The second-order valence-electron chi connectivity index (χ2n) is 5.03. The molecule has 0 bridgehead atoms. The summed E-state index contributed by atoms with van der Waals surface area (Å²) in [7, 11) is 1.60. The topological polar surface area (TPSA) is 60.9 Å². The van der Waals surface area contributed by atoms with Crippen molar-refractivity contribution in [3.05, 3.63) is 57.2 Å². The monoisotopic (exact) mass is 281 g/mol. The lowest BCUT2D eigenvalue weighted by atomic mass is 10.1. The van der Waals surface area contributed by atoms with Crippen molar-refractivity contribution in [2.75, 3.05) is 0 Å². The van der Waals surface area contributed by atoms with E-state index in [-0.39, 0.29) is 5.56 Å². The predicted octanol–water partition coefficient (Wildman–Crippen LogP) is 2.71. The molecular formula is C16H15N3O2. The highest BCUT2D eigenvalue weighted by Crippen LogP contribution is 2.20. The molecule has 21 heavy (non-hydrogen) atoms. The molecule has 0 N–H and O–H groups in total. The Kier molecular flexibility index (Phi) is 3.17. The van der Waals surface area contributed by atoms with Crippen LogP contribution in [0.4, 0.5) is 0 Å². The Balaban J connectivity index is 2.08. The standard InChI is InChI=1S/C16H15N3O2/c1-10-4-6-12(7-5-10)8-9-13-14-11(2)17-19(3)16(20)15(14)18-21-13/h4-9H,1-3H3/b9-8+. The van der Waals surface area contributed by atoms with Gasteiger partial charge in [-0.3, -0.25) is 4.79 Å². The molecule has 2 aromatic heterocycles. The number of hydrogen-bond acceptors (Lipinski definition) is 4. The summed E-state index contributed by atoms with van der Waals surface area (Å²) < 4.78 is 6.56. The molecule has 0 saturated carbocycles. The molecule has 0 saturated heterocycles. The van der Waals surface area contributed by atoms with E-state index in [0.29, 0.717) is 16.7 Å². The maximum absolute atomic E-state index is 12.0. The largest absolute Gasteiger partial charge is 0.355 e. The summed E-state index contributed by atoms with van der Waals surface area (Å²) in [6, 6.07) is 8.13. The molecule has 0 aliphatic rings. The fourth-order valence-corrected chi connectivity index (χ4v) is 2.24. The maximum Gasteiger partial charge on any atom is 0.296 e. The first-order valence-electron chi connectivity index (χ1n) is 6.64. The van der Waals surface area contributed by atoms with Crippen LogP contribution in [0.15, 0.2) is 33.6 Å². The van der Waals surface area contributed by atoms with Crippen molar-refractivity contribution >= 4 is 23.1 Å². The van der Waals surface area contributed by atoms with E-state index in [1.165, 1.54) is 10.2 Å². The Morgan fingerprint density at radius 1 is 1.14 bits per heavy atom. The number of fused-ring (bicyclic) bond motifs is 1. The molecule has 3 rings (SSSR count). The summed E-state index contributed by atoms with van der Waals surface area (Å²) in [6.07, 6.45) is 3.74. The van der Waals surface area contributed by atoms with Crippen LogP contribution in [0, 0.1) is 13.8 Å². The van der Waals surface area contributed by atoms with Gasteiger partial charge < -0.3 is 4.52 Å². The fourth-order valence-electron chi connectivity index (χ4n) is 2.24. The smallest absolute Gasteiger partial charge is 0.296 e. The molecular weight excluding hydrogens is 266 g/mol. The average Bonchev–Trinajstić information content (AvgIpc) is 2.89.